The number of carboxylic acid groups (broad SMARTS) is 1. The van der Waals surface area contributed by atoms with Gasteiger partial charge in [0.15, 0.2) is 14.6 Å². The van der Waals surface area contributed by atoms with Gasteiger partial charge in [-0.05, 0) is 93.7 Å². The number of unbranched alkanes of at least 4 members (excludes halogenated alkanes) is 3. The minimum Gasteiger partial charge on any atom is -0.481 e. The van der Waals surface area contributed by atoms with Crippen LogP contribution in [0.1, 0.15) is 125 Å². The van der Waals surface area contributed by atoms with Crippen molar-refractivity contribution in [1.82, 2.24) is 0 Å². The Hall–Kier alpha value is -0.733. The molecular formula is C33H62O6Si. The predicted molar refractivity (Wildman–Crippen MR) is 166 cm³/mol. The van der Waals surface area contributed by atoms with Crippen LogP contribution in [0, 0.1) is 17.8 Å². The Labute approximate surface area is 246 Å². The second-order valence-corrected chi connectivity index (χ2v) is 18.8. The summed E-state index contributed by atoms with van der Waals surface area (Å²) in [6.07, 6.45) is 17.0. The molecule has 1 heterocycles. The van der Waals surface area contributed by atoms with Gasteiger partial charge >= 0.3 is 5.97 Å². The highest BCUT2D eigenvalue weighted by molar-refractivity contribution is 6.74. The quantitative estimate of drug-likeness (QED) is 0.0957. The zero-order valence-corrected chi connectivity index (χ0v) is 27.8. The standard InChI is InChI=1S/C33H62O6Si/c1-8-9-12-17-25(2)29(39-40(6,7)33(3,4)5)22-21-27-26(18-13-10-11-14-19-31(35)36)28(34)24-30(27)38-32-20-15-16-23-37-32/h10,13,25-30,32,34H,8-9,11-12,14-24H2,1-7H3,(H,35,36)/b13-10-/t25?,26-,27-,28+,29?,30?,32?/m1/s1. The first-order valence-electron chi connectivity index (χ1n) is 16.4. The second-order valence-electron chi connectivity index (χ2n) is 14.1. The lowest BCUT2D eigenvalue weighted by atomic mass is 9.84. The van der Waals surface area contributed by atoms with Gasteiger partial charge in [0, 0.05) is 25.6 Å². The molecule has 2 fully saturated rings. The fraction of sp³-hybridized carbons (Fsp3) is 0.909. The SMILES string of the molecule is CCCCCC(C)C(CC[C@H]1C(OC2CCCCO2)C[C@H](O)[C@@H]1C/C=C\CCCC(=O)O)O[Si](C)(C)C(C)(C)C. The number of carbonyl (C=O) groups is 1. The Morgan fingerprint density at radius 1 is 1.10 bits per heavy atom. The van der Waals surface area contributed by atoms with Crippen molar-refractivity contribution < 1.29 is 28.9 Å². The zero-order chi connectivity index (χ0) is 29.8. The van der Waals surface area contributed by atoms with E-state index in [1.54, 1.807) is 0 Å². The van der Waals surface area contributed by atoms with E-state index in [0.717, 1.165) is 51.6 Å². The summed E-state index contributed by atoms with van der Waals surface area (Å²) in [6.45, 7) is 17.1. The molecule has 0 aromatic carbocycles. The van der Waals surface area contributed by atoms with Gasteiger partial charge in [0.25, 0.3) is 0 Å². The van der Waals surface area contributed by atoms with Crippen LogP contribution in [0.25, 0.3) is 0 Å². The number of aliphatic hydroxyl groups is 1. The van der Waals surface area contributed by atoms with Gasteiger partial charge in [-0.15, -0.1) is 0 Å². The third-order valence-electron chi connectivity index (χ3n) is 9.73. The molecule has 2 rings (SSSR count). The highest BCUT2D eigenvalue weighted by Crippen LogP contribution is 2.43. The number of aliphatic hydroxyl groups excluding tert-OH is 1. The van der Waals surface area contributed by atoms with Crippen LogP contribution in [-0.4, -0.2) is 55.7 Å². The fourth-order valence-corrected chi connectivity index (χ4v) is 7.53. The van der Waals surface area contributed by atoms with E-state index in [2.05, 4.69) is 59.9 Å². The first-order chi connectivity index (χ1) is 18.9. The predicted octanol–water partition coefficient (Wildman–Crippen LogP) is 8.48. The van der Waals surface area contributed by atoms with E-state index in [0.29, 0.717) is 18.8 Å². The second kappa shape index (κ2) is 17.4. The van der Waals surface area contributed by atoms with E-state index >= 15 is 0 Å². The molecule has 7 heteroatoms. The maximum absolute atomic E-state index is 11.2. The summed E-state index contributed by atoms with van der Waals surface area (Å²) in [5.41, 5.74) is 0. The van der Waals surface area contributed by atoms with E-state index in [4.69, 9.17) is 19.0 Å². The lowest BCUT2D eigenvalue weighted by Crippen LogP contribution is -2.45. The average molecular weight is 583 g/mol. The summed E-state index contributed by atoms with van der Waals surface area (Å²) in [5.74, 6) is 0.134. The summed E-state index contributed by atoms with van der Waals surface area (Å²) in [5, 5.41) is 20.3. The van der Waals surface area contributed by atoms with Crippen LogP contribution < -0.4 is 0 Å². The summed E-state index contributed by atoms with van der Waals surface area (Å²) in [4.78, 5) is 10.8. The lowest BCUT2D eigenvalue weighted by Gasteiger charge is -2.41. The van der Waals surface area contributed by atoms with Gasteiger partial charge in [-0.25, -0.2) is 0 Å². The van der Waals surface area contributed by atoms with E-state index in [-0.39, 0.29) is 41.8 Å². The highest BCUT2D eigenvalue weighted by atomic mass is 28.4. The fourth-order valence-electron chi connectivity index (χ4n) is 6.07. The molecule has 0 spiro atoms. The molecule has 7 atom stereocenters. The topological polar surface area (TPSA) is 85.2 Å². The first kappa shape index (κ1) is 35.5. The molecule has 234 valence electrons. The van der Waals surface area contributed by atoms with Crippen LogP contribution in [0.2, 0.25) is 18.1 Å². The molecule has 0 aromatic rings. The van der Waals surface area contributed by atoms with Gasteiger partial charge in [-0.2, -0.15) is 0 Å². The Kier molecular flexibility index (Phi) is 15.4. The van der Waals surface area contributed by atoms with Crippen molar-refractivity contribution in [2.75, 3.05) is 6.61 Å². The number of hydrogen-bond donors (Lipinski definition) is 2. The molecule has 0 radical (unpaired) electrons. The van der Waals surface area contributed by atoms with Crippen molar-refractivity contribution in [3.8, 4) is 0 Å². The average Bonchev–Trinajstić information content (AvgIpc) is 3.17. The van der Waals surface area contributed by atoms with Crippen LogP contribution in [0.4, 0.5) is 0 Å². The summed E-state index contributed by atoms with van der Waals surface area (Å²) in [7, 11) is -1.93. The number of carboxylic acids is 1. The smallest absolute Gasteiger partial charge is 0.303 e. The van der Waals surface area contributed by atoms with Gasteiger partial charge in [-0.3, -0.25) is 4.79 Å². The molecule has 0 aromatic heterocycles. The van der Waals surface area contributed by atoms with Crippen LogP contribution in [0.15, 0.2) is 12.2 Å². The molecule has 2 aliphatic rings. The van der Waals surface area contributed by atoms with E-state index < -0.39 is 20.4 Å². The van der Waals surface area contributed by atoms with Gasteiger partial charge in [0.05, 0.1) is 12.2 Å². The number of ether oxygens (including phenoxy) is 2. The zero-order valence-electron chi connectivity index (χ0n) is 26.8. The maximum Gasteiger partial charge on any atom is 0.303 e. The Morgan fingerprint density at radius 2 is 1.85 bits per heavy atom. The Balaban J connectivity index is 2.16. The lowest BCUT2D eigenvalue weighted by molar-refractivity contribution is -0.196. The first-order valence-corrected chi connectivity index (χ1v) is 19.3. The van der Waals surface area contributed by atoms with Crippen LogP contribution in [0.5, 0.6) is 0 Å². The summed E-state index contributed by atoms with van der Waals surface area (Å²) < 4.78 is 19.6. The third kappa shape index (κ3) is 11.9. The van der Waals surface area contributed by atoms with Crippen LogP contribution >= 0.6 is 0 Å². The molecule has 4 unspecified atom stereocenters. The maximum atomic E-state index is 11.2. The van der Waals surface area contributed by atoms with Gasteiger partial charge < -0.3 is 24.1 Å². The van der Waals surface area contributed by atoms with Crippen molar-refractivity contribution >= 4 is 14.3 Å². The van der Waals surface area contributed by atoms with Gasteiger partial charge in [0.1, 0.15) is 0 Å². The molecule has 0 bridgehead atoms. The number of allylic oxidation sites excluding steroid dienone is 2. The van der Waals surface area contributed by atoms with Crippen molar-refractivity contribution in [2.24, 2.45) is 17.8 Å². The molecule has 1 aliphatic carbocycles. The molecule has 1 aliphatic heterocycles. The normalized spacial score (nSPS) is 27.8. The molecule has 1 saturated heterocycles. The number of aliphatic carboxylic acids is 1. The van der Waals surface area contributed by atoms with Crippen molar-refractivity contribution in [2.45, 2.75) is 167 Å². The van der Waals surface area contributed by atoms with E-state index in [1.807, 2.05) is 0 Å². The molecule has 0 amide bonds. The van der Waals surface area contributed by atoms with E-state index in [9.17, 15) is 9.90 Å². The van der Waals surface area contributed by atoms with Gasteiger partial charge in [0.2, 0.25) is 0 Å². The van der Waals surface area contributed by atoms with Crippen LogP contribution in [0.3, 0.4) is 0 Å². The molecule has 1 saturated carbocycles. The van der Waals surface area contributed by atoms with Gasteiger partial charge in [-0.1, -0.05) is 66.0 Å². The number of hydrogen-bond acceptors (Lipinski definition) is 5. The molecule has 6 nitrogen and oxygen atoms in total. The summed E-state index contributed by atoms with van der Waals surface area (Å²) in [6, 6.07) is 0. The van der Waals surface area contributed by atoms with Crippen molar-refractivity contribution in [3.05, 3.63) is 12.2 Å². The monoisotopic (exact) mass is 582 g/mol. The van der Waals surface area contributed by atoms with Crippen molar-refractivity contribution in [1.29, 1.82) is 0 Å². The largest absolute Gasteiger partial charge is 0.481 e. The highest BCUT2D eigenvalue weighted by Gasteiger charge is 2.45. The number of rotatable bonds is 18. The molecule has 40 heavy (non-hydrogen) atoms. The minimum absolute atomic E-state index is 0.00701. The third-order valence-corrected chi connectivity index (χ3v) is 14.2. The molecular weight excluding hydrogens is 520 g/mol. The Morgan fingerprint density at radius 3 is 2.48 bits per heavy atom. The summed E-state index contributed by atoms with van der Waals surface area (Å²) >= 11 is 0. The minimum atomic E-state index is -1.93. The molecule has 2 N–H and O–H groups in total. The van der Waals surface area contributed by atoms with E-state index in [1.165, 1.54) is 25.7 Å². The van der Waals surface area contributed by atoms with Crippen molar-refractivity contribution in [3.63, 3.8) is 0 Å². The Bertz CT molecular complexity index is 742. The van der Waals surface area contributed by atoms with Crippen LogP contribution in [-0.2, 0) is 18.7 Å².